The van der Waals surface area contributed by atoms with Gasteiger partial charge in [0.25, 0.3) is 0 Å². The number of nitrogens with zero attached hydrogens (tertiary/aromatic N) is 1. The fraction of sp³-hybridized carbons (Fsp3) is 0.250. The van der Waals surface area contributed by atoms with Crippen molar-refractivity contribution in [2.24, 2.45) is 0 Å². The Labute approximate surface area is 121 Å². The van der Waals surface area contributed by atoms with Gasteiger partial charge in [-0.15, -0.1) is 0 Å². The summed E-state index contributed by atoms with van der Waals surface area (Å²) in [7, 11) is 0. The van der Waals surface area contributed by atoms with Crippen molar-refractivity contribution in [3.05, 3.63) is 64.7 Å². The fourth-order valence-corrected chi connectivity index (χ4v) is 2.72. The van der Waals surface area contributed by atoms with E-state index in [0.717, 1.165) is 19.2 Å². The third kappa shape index (κ3) is 2.88. The number of hydrogen-bond donors (Lipinski definition) is 1. The number of hydrogen-bond acceptors (Lipinski definition) is 2. The molecular formula is C16H15F3N2. The number of alkyl halides is 3. The maximum Gasteiger partial charge on any atom is 0.418 e. The first-order chi connectivity index (χ1) is 9.93. The Morgan fingerprint density at radius 1 is 1.00 bits per heavy atom. The molecule has 0 saturated carbocycles. The second kappa shape index (κ2) is 5.07. The predicted molar refractivity (Wildman–Crippen MR) is 75.2 cm³/mol. The molecule has 0 aromatic heterocycles. The Hall–Kier alpha value is -2.01. The van der Waals surface area contributed by atoms with Crippen molar-refractivity contribution in [3.63, 3.8) is 0 Å². The van der Waals surface area contributed by atoms with Crippen molar-refractivity contribution in [1.29, 1.82) is 0 Å². The van der Waals surface area contributed by atoms with Gasteiger partial charge < -0.3 is 5.73 Å². The van der Waals surface area contributed by atoms with Gasteiger partial charge in [-0.1, -0.05) is 30.3 Å². The van der Waals surface area contributed by atoms with Crippen LogP contribution in [-0.4, -0.2) is 4.90 Å². The van der Waals surface area contributed by atoms with Gasteiger partial charge in [-0.05, 0) is 28.8 Å². The van der Waals surface area contributed by atoms with Crippen LogP contribution in [0.2, 0.25) is 0 Å². The molecule has 5 heteroatoms. The molecule has 0 amide bonds. The highest BCUT2D eigenvalue weighted by molar-refractivity contribution is 5.50. The molecule has 0 spiro atoms. The summed E-state index contributed by atoms with van der Waals surface area (Å²) in [5.74, 6) is 0. The zero-order valence-corrected chi connectivity index (χ0v) is 11.3. The van der Waals surface area contributed by atoms with Crippen molar-refractivity contribution >= 4 is 5.69 Å². The van der Waals surface area contributed by atoms with Crippen LogP contribution in [0.15, 0.2) is 42.5 Å². The highest BCUT2D eigenvalue weighted by Crippen LogP contribution is 2.34. The van der Waals surface area contributed by atoms with E-state index in [0.29, 0.717) is 12.1 Å². The summed E-state index contributed by atoms with van der Waals surface area (Å²) in [6.07, 6.45) is -4.41. The SMILES string of the molecule is Nc1ccc(CN2Cc3ccccc3C2)cc1C(F)(F)F. The Bertz CT molecular complexity index is 640. The minimum Gasteiger partial charge on any atom is -0.398 e. The van der Waals surface area contributed by atoms with Crippen LogP contribution >= 0.6 is 0 Å². The standard InChI is InChI=1S/C16H15F3N2/c17-16(18,19)14-7-11(5-6-15(14)20)8-21-9-12-3-1-2-4-13(12)10-21/h1-7H,8-10,20H2. The van der Waals surface area contributed by atoms with Gasteiger partial charge in [-0.2, -0.15) is 13.2 Å². The second-order valence-electron chi connectivity index (χ2n) is 5.33. The molecule has 1 aliphatic heterocycles. The van der Waals surface area contributed by atoms with Gasteiger partial charge in [0.15, 0.2) is 0 Å². The number of nitrogen functional groups attached to an aromatic ring is 1. The summed E-state index contributed by atoms with van der Waals surface area (Å²) in [5.41, 5.74) is 7.55. The number of nitrogens with two attached hydrogens (primary N) is 1. The summed E-state index contributed by atoms with van der Waals surface area (Å²) < 4.78 is 38.6. The average Bonchev–Trinajstić information content (AvgIpc) is 2.82. The lowest BCUT2D eigenvalue weighted by Gasteiger charge is -2.17. The molecule has 110 valence electrons. The maximum absolute atomic E-state index is 12.9. The van der Waals surface area contributed by atoms with E-state index in [1.54, 1.807) is 6.07 Å². The first-order valence-electron chi connectivity index (χ1n) is 6.68. The number of fused-ring (bicyclic) bond motifs is 1. The molecule has 2 aromatic carbocycles. The van der Waals surface area contributed by atoms with Crippen molar-refractivity contribution in [3.8, 4) is 0 Å². The lowest BCUT2D eigenvalue weighted by molar-refractivity contribution is -0.137. The first-order valence-corrected chi connectivity index (χ1v) is 6.68. The van der Waals surface area contributed by atoms with Gasteiger partial charge in [0.2, 0.25) is 0 Å². The molecular weight excluding hydrogens is 277 g/mol. The van der Waals surface area contributed by atoms with E-state index in [9.17, 15) is 13.2 Å². The number of benzene rings is 2. The first kappa shape index (κ1) is 13.9. The van der Waals surface area contributed by atoms with Crippen LogP contribution in [0, 0.1) is 0 Å². The molecule has 1 aliphatic rings. The minimum atomic E-state index is -4.41. The largest absolute Gasteiger partial charge is 0.418 e. The molecule has 0 atom stereocenters. The topological polar surface area (TPSA) is 29.3 Å². The van der Waals surface area contributed by atoms with E-state index in [1.165, 1.54) is 17.2 Å². The van der Waals surface area contributed by atoms with E-state index >= 15 is 0 Å². The minimum absolute atomic E-state index is 0.226. The summed E-state index contributed by atoms with van der Waals surface area (Å²) in [6, 6.07) is 12.2. The smallest absolute Gasteiger partial charge is 0.398 e. The molecule has 2 aromatic rings. The Balaban J connectivity index is 1.78. The van der Waals surface area contributed by atoms with E-state index < -0.39 is 11.7 Å². The zero-order valence-electron chi connectivity index (χ0n) is 11.3. The third-order valence-electron chi connectivity index (χ3n) is 3.74. The Morgan fingerprint density at radius 2 is 1.62 bits per heavy atom. The molecule has 3 rings (SSSR count). The number of anilines is 1. The molecule has 1 heterocycles. The maximum atomic E-state index is 12.9. The van der Waals surface area contributed by atoms with Crippen LogP contribution in [-0.2, 0) is 25.8 Å². The molecule has 2 nitrogen and oxygen atoms in total. The average molecular weight is 292 g/mol. The molecule has 0 radical (unpaired) electrons. The van der Waals surface area contributed by atoms with Crippen LogP contribution in [0.3, 0.4) is 0 Å². The van der Waals surface area contributed by atoms with E-state index in [2.05, 4.69) is 17.0 Å². The van der Waals surface area contributed by atoms with E-state index in [1.807, 2.05) is 12.1 Å². The van der Waals surface area contributed by atoms with Gasteiger partial charge in [0.05, 0.1) is 5.56 Å². The summed E-state index contributed by atoms with van der Waals surface area (Å²) in [4.78, 5) is 2.12. The normalized spacial score (nSPS) is 15.2. The quantitative estimate of drug-likeness (QED) is 0.853. The number of halogens is 3. The van der Waals surface area contributed by atoms with Crippen LogP contribution in [0.25, 0.3) is 0 Å². The van der Waals surface area contributed by atoms with Gasteiger partial charge in [0, 0.05) is 25.3 Å². The van der Waals surface area contributed by atoms with Crippen molar-refractivity contribution in [2.45, 2.75) is 25.8 Å². The Kier molecular flexibility index (Phi) is 3.37. The summed E-state index contributed by atoms with van der Waals surface area (Å²) >= 11 is 0. The van der Waals surface area contributed by atoms with Crippen molar-refractivity contribution in [1.82, 2.24) is 4.90 Å². The van der Waals surface area contributed by atoms with Crippen LogP contribution in [0.5, 0.6) is 0 Å². The zero-order chi connectivity index (χ0) is 15.0. The monoisotopic (exact) mass is 292 g/mol. The highest BCUT2D eigenvalue weighted by Gasteiger charge is 2.33. The Morgan fingerprint density at radius 3 is 2.19 bits per heavy atom. The molecule has 21 heavy (non-hydrogen) atoms. The molecule has 0 unspecified atom stereocenters. The molecule has 0 saturated heterocycles. The lowest BCUT2D eigenvalue weighted by atomic mass is 10.1. The van der Waals surface area contributed by atoms with Crippen LogP contribution < -0.4 is 5.73 Å². The van der Waals surface area contributed by atoms with Gasteiger partial charge in [-0.3, -0.25) is 4.90 Å². The van der Waals surface area contributed by atoms with E-state index in [-0.39, 0.29) is 5.69 Å². The van der Waals surface area contributed by atoms with Gasteiger partial charge in [-0.25, -0.2) is 0 Å². The third-order valence-corrected chi connectivity index (χ3v) is 3.74. The molecule has 2 N–H and O–H groups in total. The van der Waals surface area contributed by atoms with Crippen molar-refractivity contribution < 1.29 is 13.2 Å². The lowest BCUT2D eigenvalue weighted by Crippen LogP contribution is -2.17. The van der Waals surface area contributed by atoms with Crippen molar-refractivity contribution in [2.75, 3.05) is 5.73 Å². The molecule has 0 aliphatic carbocycles. The number of rotatable bonds is 2. The van der Waals surface area contributed by atoms with Gasteiger partial charge >= 0.3 is 6.18 Å². The fourth-order valence-electron chi connectivity index (χ4n) is 2.72. The van der Waals surface area contributed by atoms with Gasteiger partial charge in [0.1, 0.15) is 0 Å². The van der Waals surface area contributed by atoms with Crippen LogP contribution in [0.1, 0.15) is 22.3 Å². The molecule has 0 fully saturated rings. The van der Waals surface area contributed by atoms with E-state index in [4.69, 9.17) is 5.73 Å². The summed E-state index contributed by atoms with van der Waals surface area (Å²) in [6.45, 7) is 2.02. The summed E-state index contributed by atoms with van der Waals surface area (Å²) in [5, 5.41) is 0. The predicted octanol–water partition coefficient (Wildman–Crippen LogP) is 3.80. The van der Waals surface area contributed by atoms with Crippen LogP contribution in [0.4, 0.5) is 18.9 Å². The highest BCUT2D eigenvalue weighted by atomic mass is 19.4. The second-order valence-corrected chi connectivity index (χ2v) is 5.33. The molecule has 0 bridgehead atoms.